The minimum atomic E-state index is -0.358. The van der Waals surface area contributed by atoms with Crippen LogP contribution in [0.25, 0.3) is 0 Å². The van der Waals surface area contributed by atoms with Crippen LogP contribution in [0.4, 0.5) is 0 Å². The van der Waals surface area contributed by atoms with E-state index in [-0.39, 0.29) is 24.8 Å². The monoisotopic (exact) mass is 269 g/mol. The quantitative estimate of drug-likeness (QED) is 0.828. The van der Waals surface area contributed by atoms with E-state index < -0.39 is 0 Å². The Morgan fingerprint density at radius 3 is 2.89 bits per heavy atom. The van der Waals surface area contributed by atoms with Gasteiger partial charge >= 0.3 is 5.97 Å². The number of carbonyl (C=O) groups excluding carboxylic acids is 1. The normalized spacial score (nSPS) is 17.0. The molecule has 1 aliphatic heterocycles. The molecule has 0 bridgehead atoms. The summed E-state index contributed by atoms with van der Waals surface area (Å²) in [5, 5.41) is 3.73. The summed E-state index contributed by atoms with van der Waals surface area (Å²) in [4.78, 5) is 11.5. The molecule has 1 heterocycles. The number of ether oxygens (including phenoxy) is 2. The summed E-state index contributed by atoms with van der Waals surface area (Å²) < 4.78 is 10.6. The molecule has 0 aliphatic carbocycles. The molecule has 0 spiro atoms. The second-order valence-corrected chi connectivity index (χ2v) is 5.07. The van der Waals surface area contributed by atoms with E-state index in [0.717, 1.165) is 18.7 Å². The van der Waals surface area contributed by atoms with Gasteiger partial charge in [0.25, 0.3) is 0 Å². The standard InChI is InChI=1S/C13H16ClNO3/c1-13(8-15-9-13)18-7-12(16)17-6-10-3-2-4-11(14)5-10/h2-5,15H,6-9H2,1H3. The Bertz CT molecular complexity index is 432. The summed E-state index contributed by atoms with van der Waals surface area (Å²) in [5.41, 5.74) is 0.641. The topological polar surface area (TPSA) is 47.6 Å². The van der Waals surface area contributed by atoms with Gasteiger partial charge in [-0.2, -0.15) is 0 Å². The first-order valence-corrected chi connectivity index (χ1v) is 6.20. The number of rotatable bonds is 5. The molecule has 1 saturated heterocycles. The van der Waals surface area contributed by atoms with Crippen LogP contribution in [0.5, 0.6) is 0 Å². The van der Waals surface area contributed by atoms with Crippen LogP contribution in [0.1, 0.15) is 12.5 Å². The Balaban J connectivity index is 1.71. The molecule has 0 aromatic heterocycles. The van der Waals surface area contributed by atoms with Gasteiger partial charge in [-0.3, -0.25) is 0 Å². The van der Waals surface area contributed by atoms with Crippen LogP contribution >= 0.6 is 11.6 Å². The van der Waals surface area contributed by atoms with Crippen LogP contribution in [-0.4, -0.2) is 31.3 Å². The first-order chi connectivity index (χ1) is 8.57. The molecule has 1 aromatic rings. The predicted octanol–water partition coefficient (Wildman–Crippen LogP) is 1.76. The second kappa shape index (κ2) is 5.69. The van der Waals surface area contributed by atoms with Crippen molar-refractivity contribution in [3.05, 3.63) is 34.9 Å². The highest BCUT2D eigenvalue weighted by atomic mass is 35.5. The molecule has 0 saturated carbocycles. The first-order valence-electron chi connectivity index (χ1n) is 5.82. The summed E-state index contributed by atoms with van der Waals surface area (Å²) in [6, 6.07) is 7.23. The van der Waals surface area contributed by atoms with Gasteiger partial charge in [0.15, 0.2) is 0 Å². The summed E-state index contributed by atoms with van der Waals surface area (Å²) in [6.45, 7) is 3.72. The molecule has 98 valence electrons. The van der Waals surface area contributed by atoms with Crippen LogP contribution < -0.4 is 5.32 Å². The van der Waals surface area contributed by atoms with E-state index in [1.165, 1.54) is 0 Å². The van der Waals surface area contributed by atoms with Gasteiger partial charge in [-0.05, 0) is 24.6 Å². The van der Waals surface area contributed by atoms with Crippen LogP contribution in [0, 0.1) is 0 Å². The number of carbonyl (C=O) groups is 1. The zero-order valence-electron chi connectivity index (χ0n) is 10.2. The Hall–Kier alpha value is -1.10. The van der Waals surface area contributed by atoms with E-state index in [1.54, 1.807) is 12.1 Å². The second-order valence-electron chi connectivity index (χ2n) is 4.63. The predicted molar refractivity (Wildman–Crippen MR) is 68.5 cm³/mol. The van der Waals surface area contributed by atoms with Gasteiger partial charge in [-0.15, -0.1) is 0 Å². The Kier molecular flexibility index (Phi) is 4.22. The number of nitrogens with one attached hydrogen (secondary N) is 1. The highest BCUT2D eigenvalue weighted by Crippen LogP contribution is 2.15. The average molecular weight is 270 g/mol. The van der Waals surface area contributed by atoms with Crippen LogP contribution in [-0.2, 0) is 20.9 Å². The molecule has 0 atom stereocenters. The van der Waals surface area contributed by atoms with Gasteiger partial charge < -0.3 is 14.8 Å². The van der Waals surface area contributed by atoms with Crippen LogP contribution in [0.3, 0.4) is 0 Å². The molecule has 1 aliphatic rings. The van der Waals surface area contributed by atoms with E-state index in [2.05, 4.69) is 5.32 Å². The smallest absolute Gasteiger partial charge is 0.332 e. The maximum Gasteiger partial charge on any atom is 0.332 e. The minimum Gasteiger partial charge on any atom is -0.459 e. The molecule has 1 N–H and O–H groups in total. The molecular formula is C13H16ClNO3. The van der Waals surface area contributed by atoms with E-state index in [0.29, 0.717) is 5.02 Å². The maximum atomic E-state index is 11.5. The lowest BCUT2D eigenvalue weighted by Gasteiger charge is -2.38. The lowest BCUT2D eigenvalue weighted by molar-refractivity contribution is -0.159. The number of esters is 1. The lowest BCUT2D eigenvalue weighted by Crippen LogP contribution is -2.59. The Labute approximate surface area is 111 Å². The van der Waals surface area contributed by atoms with Crippen molar-refractivity contribution in [2.75, 3.05) is 19.7 Å². The third-order valence-electron chi connectivity index (χ3n) is 2.83. The maximum absolute atomic E-state index is 11.5. The molecule has 2 rings (SSSR count). The van der Waals surface area contributed by atoms with Crippen molar-refractivity contribution in [3.63, 3.8) is 0 Å². The van der Waals surface area contributed by atoms with Crippen molar-refractivity contribution in [2.24, 2.45) is 0 Å². The number of hydrogen-bond acceptors (Lipinski definition) is 4. The van der Waals surface area contributed by atoms with Gasteiger partial charge in [-0.25, -0.2) is 4.79 Å². The molecule has 1 aromatic carbocycles. The van der Waals surface area contributed by atoms with Gasteiger partial charge in [0.1, 0.15) is 13.2 Å². The van der Waals surface area contributed by atoms with E-state index in [9.17, 15) is 4.79 Å². The SMILES string of the molecule is CC1(OCC(=O)OCc2cccc(Cl)c2)CNC1. The Morgan fingerprint density at radius 1 is 1.50 bits per heavy atom. The van der Waals surface area contributed by atoms with Crippen molar-refractivity contribution in [1.29, 1.82) is 0 Å². The summed E-state index contributed by atoms with van der Waals surface area (Å²) in [5.74, 6) is -0.358. The zero-order chi connectivity index (χ0) is 13.0. The fourth-order valence-corrected chi connectivity index (χ4v) is 1.86. The first kappa shape index (κ1) is 13.3. The van der Waals surface area contributed by atoms with Gasteiger partial charge in [-0.1, -0.05) is 23.7 Å². The highest BCUT2D eigenvalue weighted by Gasteiger charge is 2.33. The van der Waals surface area contributed by atoms with Gasteiger partial charge in [0, 0.05) is 18.1 Å². The molecule has 18 heavy (non-hydrogen) atoms. The molecule has 0 radical (unpaired) electrons. The highest BCUT2D eigenvalue weighted by molar-refractivity contribution is 6.30. The van der Waals surface area contributed by atoms with Crippen molar-refractivity contribution in [2.45, 2.75) is 19.1 Å². The van der Waals surface area contributed by atoms with Gasteiger partial charge in [0.05, 0.1) is 5.60 Å². The number of halogens is 1. The van der Waals surface area contributed by atoms with Gasteiger partial charge in [0.2, 0.25) is 0 Å². The van der Waals surface area contributed by atoms with Crippen molar-refractivity contribution in [1.82, 2.24) is 5.32 Å². The van der Waals surface area contributed by atoms with Crippen LogP contribution in [0.15, 0.2) is 24.3 Å². The molecule has 0 unspecified atom stereocenters. The molecule has 0 amide bonds. The number of hydrogen-bond donors (Lipinski definition) is 1. The molecule has 4 nitrogen and oxygen atoms in total. The minimum absolute atomic E-state index is 0.0151. The van der Waals surface area contributed by atoms with E-state index >= 15 is 0 Å². The third-order valence-corrected chi connectivity index (χ3v) is 3.06. The summed E-state index contributed by atoms with van der Waals surface area (Å²) in [7, 11) is 0. The van der Waals surface area contributed by atoms with Crippen molar-refractivity contribution < 1.29 is 14.3 Å². The van der Waals surface area contributed by atoms with Crippen molar-refractivity contribution >= 4 is 17.6 Å². The number of benzene rings is 1. The zero-order valence-corrected chi connectivity index (χ0v) is 11.0. The lowest BCUT2D eigenvalue weighted by atomic mass is 10.0. The third kappa shape index (κ3) is 3.70. The fourth-order valence-electron chi connectivity index (χ4n) is 1.64. The fraction of sp³-hybridized carbons (Fsp3) is 0.462. The molecule has 5 heteroatoms. The van der Waals surface area contributed by atoms with Crippen molar-refractivity contribution in [3.8, 4) is 0 Å². The summed E-state index contributed by atoms with van der Waals surface area (Å²) in [6.07, 6.45) is 0. The molecule has 1 fully saturated rings. The average Bonchev–Trinajstić information content (AvgIpc) is 2.31. The molecular weight excluding hydrogens is 254 g/mol. The summed E-state index contributed by atoms with van der Waals surface area (Å²) >= 11 is 5.84. The van der Waals surface area contributed by atoms with Crippen LogP contribution in [0.2, 0.25) is 5.02 Å². The Morgan fingerprint density at radius 2 is 2.28 bits per heavy atom. The van der Waals surface area contributed by atoms with E-state index in [1.807, 2.05) is 19.1 Å². The largest absolute Gasteiger partial charge is 0.459 e. The van der Waals surface area contributed by atoms with E-state index in [4.69, 9.17) is 21.1 Å².